The number of carbonyl (C=O) groups excluding carboxylic acids is 1. The molecular formula is C22H22N6O2S. The Balaban J connectivity index is 1.57. The summed E-state index contributed by atoms with van der Waals surface area (Å²) in [7, 11) is 1.58. The molecule has 0 aliphatic heterocycles. The number of rotatable bonds is 8. The van der Waals surface area contributed by atoms with Crippen LogP contribution in [-0.2, 0) is 17.8 Å². The van der Waals surface area contributed by atoms with Gasteiger partial charge in [0, 0.05) is 38.2 Å². The Labute approximate surface area is 184 Å². The average Bonchev–Trinajstić information content (AvgIpc) is 3.46. The maximum Gasteiger partial charge on any atom is 0.254 e. The van der Waals surface area contributed by atoms with Gasteiger partial charge >= 0.3 is 0 Å². The van der Waals surface area contributed by atoms with E-state index in [2.05, 4.69) is 20.4 Å². The van der Waals surface area contributed by atoms with Crippen molar-refractivity contribution in [2.75, 3.05) is 13.7 Å². The fourth-order valence-electron chi connectivity index (χ4n) is 3.15. The van der Waals surface area contributed by atoms with Gasteiger partial charge in [-0.2, -0.15) is 9.78 Å². The number of ether oxygens (including phenoxy) is 1. The van der Waals surface area contributed by atoms with Gasteiger partial charge in [0.15, 0.2) is 0 Å². The molecule has 0 spiro atoms. The van der Waals surface area contributed by atoms with Gasteiger partial charge in [0.2, 0.25) is 0 Å². The minimum atomic E-state index is -0.222. The van der Waals surface area contributed by atoms with Crippen molar-refractivity contribution in [1.29, 1.82) is 0 Å². The summed E-state index contributed by atoms with van der Waals surface area (Å²) in [5, 5.41) is 9.32. The molecule has 0 aliphatic rings. The smallest absolute Gasteiger partial charge is 0.254 e. The first-order chi connectivity index (χ1) is 15.2. The molecule has 9 heteroatoms. The summed E-state index contributed by atoms with van der Waals surface area (Å²) in [5.41, 5.74) is 3.77. The Morgan fingerprint density at radius 2 is 2.10 bits per heavy atom. The fraction of sp³-hybridized carbons (Fsp3) is 0.227. The van der Waals surface area contributed by atoms with Crippen molar-refractivity contribution in [1.82, 2.24) is 30.0 Å². The van der Waals surface area contributed by atoms with Gasteiger partial charge in [0.05, 0.1) is 34.6 Å². The summed E-state index contributed by atoms with van der Waals surface area (Å²) in [6, 6.07) is 9.73. The summed E-state index contributed by atoms with van der Waals surface area (Å²) in [6.45, 7) is 2.64. The summed E-state index contributed by atoms with van der Waals surface area (Å²) in [5.74, 6) is 0.174. The third-order valence-electron chi connectivity index (χ3n) is 4.69. The van der Waals surface area contributed by atoms with Gasteiger partial charge in [0.25, 0.3) is 11.9 Å². The van der Waals surface area contributed by atoms with Gasteiger partial charge < -0.3 is 10.1 Å². The van der Waals surface area contributed by atoms with E-state index in [1.807, 2.05) is 42.6 Å². The highest BCUT2D eigenvalue weighted by Gasteiger charge is 2.20. The van der Waals surface area contributed by atoms with Crippen LogP contribution in [0.4, 0.5) is 0 Å². The fourth-order valence-corrected chi connectivity index (χ4v) is 3.93. The molecule has 0 aromatic carbocycles. The van der Waals surface area contributed by atoms with E-state index in [-0.39, 0.29) is 12.5 Å². The van der Waals surface area contributed by atoms with Crippen molar-refractivity contribution in [3.8, 4) is 16.5 Å². The number of amides is 1. The lowest BCUT2D eigenvalue weighted by atomic mass is 10.2. The number of nitrogens with one attached hydrogen (secondary N) is 1. The maximum absolute atomic E-state index is 12.8. The number of nitrogens with zero attached hydrogens (tertiary/aromatic N) is 5. The van der Waals surface area contributed by atoms with Gasteiger partial charge in [-0.05, 0) is 36.1 Å². The predicted molar refractivity (Wildman–Crippen MR) is 118 cm³/mol. The third-order valence-corrected chi connectivity index (χ3v) is 5.57. The second-order valence-corrected chi connectivity index (χ2v) is 7.80. The molecule has 0 radical (unpaired) electrons. The van der Waals surface area contributed by atoms with E-state index in [1.165, 1.54) is 6.20 Å². The molecule has 1 N–H and O–H groups in total. The summed E-state index contributed by atoms with van der Waals surface area (Å²) < 4.78 is 6.90. The van der Waals surface area contributed by atoms with E-state index >= 15 is 0 Å². The number of aryl methyl sites for hydroxylation is 1. The van der Waals surface area contributed by atoms with Crippen molar-refractivity contribution in [2.45, 2.75) is 20.0 Å². The number of carbonyl (C=O) groups is 1. The highest BCUT2D eigenvalue weighted by molar-refractivity contribution is 7.13. The quantitative estimate of drug-likeness (QED) is 0.458. The van der Waals surface area contributed by atoms with Gasteiger partial charge in [-0.1, -0.05) is 12.1 Å². The van der Waals surface area contributed by atoms with Crippen molar-refractivity contribution in [3.05, 3.63) is 76.8 Å². The number of hydrogen-bond donors (Lipinski definition) is 1. The summed E-state index contributed by atoms with van der Waals surface area (Å²) in [4.78, 5) is 27.3. The van der Waals surface area contributed by atoms with Gasteiger partial charge in [-0.3, -0.25) is 9.78 Å². The molecule has 4 heterocycles. The largest absolute Gasteiger partial charge is 0.378 e. The summed E-state index contributed by atoms with van der Waals surface area (Å²) >= 11 is 1.61. The van der Waals surface area contributed by atoms with Crippen molar-refractivity contribution in [3.63, 3.8) is 0 Å². The SMILES string of the molecule is COCc1c(C(=O)NCCc2ccccn2)cnn1-c1ncc(C)c(-c2cccs2)n1. The zero-order chi connectivity index (χ0) is 21.6. The van der Waals surface area contributed by atoms with Crippen molar-refractivity contribution < 1.29 is 9.53 Å². The Morgan fingerprint density at radius 3 is 2.84 bits per heavy atom. The molecule has 0 saturated carbocycles. The standard InChI is InChI=1S/C22H22N6O2S/c1-15-12-25-22(27-20(15)19-7-5-11-31-19)28-18(14-30-2)17(13-26-28)21(29)24-10-8-16-6-3-4-9-23-16/h3-7,9,11-13H,8,10,14H2,1-2H3,(H,24,29). The minimum absolute atomic E-state index is 0.203. The van der Waals surface area contributed by atoms with E-state index in [0.29, 0.717) is 30.2 Å². The molecule has 0 aliphatic carbocycles. The normalized spacial score (nSPS) is 10.9. The number of hydrogen-bond acceptors (Lipinski definition) is 7. The van der Waals surface area contributed by atoms with Gasteiger partial charge in [0.1, 0.15) is 0 Å². The zero-order valence-electron chi connectivity index (χ0n) is 17.3. The van der Waals surface area contributed by atoms with E-state index in [9.17, 15) is 4.79 Å². The van der Waals surface area contributed by atoms with Crippen LogP contribution in [0.25, 0.3) is 16.5 Å². The highest BCUT2D eigenvalue weighted by Crippen LogP contribution is 2.26. The molecule has 0 atom stereocenters. The van der Waals surface area contributed by atoms with Crippen molar-refractivity contribution in [2.24, 2.45) is 0 Å². The Morgan fingerprint density at radius 1 is 1.19 bits per heavy atom. The number of methoxy groups -OCH3 is 1. The van der Waals surface area contributed by atoms with Gasteiger partial charge in [-0.25, -0.2) is 9.97 Å². The van der Waals surface area contributed by atoms with Crippen LogP contribution < -0.4 is 5.32 Å². The van der Waals surface area contributed by atoms with E-state index < -0.39 is 0 Å². The molecule has 0 fully saturated rings. The molecule has 1 amide bonds. The Kier molecular flexibility index (Phi) is 6.44. The van der Waals surface area contributed by atoms with E-state index in [0.717, 1.165) is 21.8 Å². The van der Waals surface area contributed by atoms with Crippen LogP contribution in [0.2, 0.25) is 0 Å². The Bertz CT molecular complexity index is 1160. The molecular weight excluding hydrogens is 412 g/mol. The van der Waals surface area contributed by atoms with Crippen LogP contribution in [0.5, 0.6) is 0 Å². The molecule has 0 unspecified atom stereocenters. The first-order valence-electron chi connectivity index (χ1n) is 9.79. The molecule has 4 aromatic rings. The van der Waals surface area contributed by atoms with E-state index in [1.54, 1.807) is 35.5 Å². The van der Waals surface area contributed by atoms with E-state index in [4.69, 9.17) is 9.72 Å². The van der Waals surface area contributed by atoms with Crippen LogP contribution in [0, 0.1) is 6.92 Å². The number of pyridine rings is 1. The lowest BCUT2D eigenvalue weighted by Crippen LogP contribution is -2.27. The molecule has 158 valence electrons. The monoisotopic (exact) mass is 434 g/mol. The average molecular weight is 435 g/mol. The van der Waals surface area contributed by atoms with Crippen molar-refractivity contribution >= 4 is 17.2 Å². The van der Waals surface area contributed by atoms with Crippen LogP contribution in [0.3, 0.4) is 0 Å². The topological polar surface area (TPSA) is 94.8 Å². The molecule has 0 saturated heterocycles. The second-order valence-electron chi connectivity index (χ2n) is 6.86. The lowest BCUT2D eigenvalue weighted by molar-refractivity contribution is 0.0948. The van der Waals surface area contributed by atoms with Crippen LogP contribution in [-0.4, -0.2) is 44.3 Å². The molecule has 31 heavy (non-hydrogen) atoms. The highest BCUT2D eigenvalue weighted by atomic mass is 32.1. The third kappa shape index (κ3) is 4.68. The minimum Gasteiger partial charge on any atom is -0.378 e. The molecule has 0 bridgehead atoms. The molecule has 4 aromatic heterocycles. The Hall–Kier alpha value is -3.43. The molecule has 8 nitrogen and oxygen atoms in total. The lowest BCUT2D eigenvalue weighted by Gasteiger charge is -2.10. The van der Waals surface area contributed by atoms with Crippen LogP contribution in [0.1, 0.15) is 27.3 Å². The maximum atomic E-state index is 12.8. The first-order valence-corrected chi connectivity index (χ1v) is 10.7. The van der Waals surface area contributed by atoms with Crippen LogP contribution >= 0.6 is 11.3 Å². The zero-order valence-corrected chi connectivity index (χ0v) is 18.1. The predicted octanol–water partition coefficient (Wildman–Crippen LogP) is 3.21. The van der Waals surface area contributed by atoms with Crippen LogP contribution in [0.15, 0.2) is 54.3 Å². The summed E-state index contributed by atoms with van der Waals surface area (Å²) in [6.07, 6.45) is 5.68. The van der Waals surface area contributed by atoms with Gasteiger partial charge in [-0.15, -0.1) is 11.3 Å². The second kappa shape index (κ2) is 9.59. The number of thiophene rings is 1. The number of aromatic nitrogens is 5. The molecule has 4 rings (SSSR count). The first kappa shape index (κ1) is 20.8.